The van der Waals surface area contributed by atoms with Gasteiger partial charge < -0.3 is 92.6 Å². The van der Waals surface area contributed by atoms with Gasteiger partial charge in [-0.25, -0.2) is 16.8 Å². The Morgan fingerprint density at radius 1 is 0.529 bits per heavy atom. The molecule has 6 heterocycles. The monoisotopic (exact) mass is 788 g/mol. The largest absolute Gasteiger partial charge is 0.726 e. The minimum atomic E-state index is -5.54. The first kappa shape index (κ1) is 39.7. The number of aliphatic hydroxyl groups is 8. The number of hydrogen-bond acceptors (Lipinski definition) is 25. The molecular formula is C24H36O25S2-2. The average molecular weight is 789 g/mol. The second-order valence-corrected chi connectivity index (χ2v) is 14.4. The van der Waals surface area contributed by atoms with Crippen molar-refractivity contribution in [3.05, 3.63) is 0 Å². The minimum absolute atomic E-state index is 0.155. The zero-order chi connectivity index (χ0) is 37.2. The van der Waals surface area contributed by atoms with Gasteiger partial charge in [-0.05, 0) is 0 Å². The Kier molecular flexibility index (Phi) is 11.9. The third-order valence-corrected chi connectivity index (χ3v) is 10.0. The second-order valence-electron chi connectivity index (χ2n) is 12.3. The Morgan fingerprint density at radius 2 is 0.980 bits per heavy atom. The standard InChI is InChI=1S/C24H38O25S2/c25-1-5-15(48-50(33,34)35)19(10(28)21(32)41-5)46-23-12(30)18-14(8(44-23)4-40-18)45-24-13(31)20(16(6(2-26)42-24)49-51(36,37)38)47-22-11(29)17-9(27)7(43-22)3-39-17/h5-32H,1-4H2,(H,33,34,35)(H,36,37,38)/p-2/t5-,6-,7-,8-,9+,10-,11-,12-,13-,14+,15+,16+,17+,18-,19-,20-,21-,22-,23-,24+/m1/s1. The van der Waals surface area contributed by atoms with E-state index in [4.69, 9.17) is 42.6 Å². The molecule has 27 heteroatoms. The number of rotatable bonds is 12. The Morgan fingerprint density at radius 3 is 1.55 bits per heavy atom. The fraction of sp³-hybridized carbons (Fsp3) is 1.00. The molecule has 6 fully saturated rings. The van der Waals surface area contributed by atoms with Gasteiger partial charge in [0.1, 0.15) is 97.7 Å². The molecule has 6 aliphatic rings. The molecule has 8 N–H and O–H groups in total. The summed E-state index contributed by atoms with van der Waals surface area (Å²) < 4.78 is 127. The lowest BCUT2D eigenvalue weighted by molar-refractivity contribution is -0.370. The van der Waals surface area contributed by atoms with Gasteiger partial charge in [0.2, 0.25) is 20.8 Å². The molecule has 6 aliphatic heterocycles. The van der Waals surface area contributed by atoms with Gasteiger partial charge in [-0.15, -0.1) is 0 Å². The molecule has 0 aliphatic carbocycles. The molecule has 0 aromatic rings. The van der Waals surface area contributed by atoms with Crippen LogP contribution in [0.15, 0.2) is 0 Å². The molecule has 6 rings (SSSR count). The van der Waals surface area contributed by atoms with Crippen LogP contribution in [-0.4, -0.2) is 216 Å². The van der Waals surface area contributed by atoms with E-state index in [2.05, 4.69) is 8.37 Å². The van der Waals surface area contributed by atoms with Crippen molar-refractivity contribution < 1.29 is 118 Å². The van der Waals surface area contributed by atoms with E-state index in [9.17, 15) is 66.8 Å². The van der Waals surface area contributed by atoms with Crippen LogP contribution >= 0.6 is 0 Å². The number of ether oxygens (including phenoxy) is 9. The van der Waals surface area contributed by atoms with Crippen LogP contribution < -0.4 is 0 Å². The van der Waals surface area contributed by atoms with Crippen molar-refractivity contribution in [1.29, 1.82) is 0 Å². The third-order valence-electron chi connectivity index (χ3n) is 9.10. The average Bonchev–Trinajstić information content (AvgIpc) is 3.50. The first-order valence-corrected chi connectivity index (χ1v) is 18.0. The molecule has 0 aromatic heterocycles. The van der Waals surface area contributed by atoms with Crippen LogP contribution in [0.25, 0.3) is 0 Å². The van der Waals surface area contributed by atoms with Gasteiger partial charge in [-0.2, -0.15) is 0 Å². The summed E-state index contributed by atoms with van der Waals surface area (Å²) in [6.07, 6.45) is -34.3. The van der Waals surface area contributed by atoms with E-state index in [0.717, 1.165) is 0 Å². The van der Waals surface area contributed by atoms with Crippen molar-refractivity contribution in [3.63, 3.8) is 0 Å². The van der Waals surface area contributed by atoms with E-state index in [0.29, 0.717) is 0 Å². The van der Waals surface area contributed by atoms with Gasteiger partial charge in [0.15, 0.2) is 25.2 Å². The Labute approximate surface area is 287 Å². The predicted molar refractivity (Wildman–Crippen MR) is 144 cm³/mol. The maximum atomic E-state index is 11.6. The zero-order valence-electron chi connectivity index (χ0n) is 25.7. The van der Waals surface area contributed by atoms with E-state index >= 15 is 0 Å². The van der Waals surface area contributed by atoms with Gasteiger partial charge in [0.05, 0.1) is 26.4 Å². The molecule has 296 valence electrons. The fourth-order valence-corrected chi connectivity index (χ4v) is 7.76. The summed E-state index contributed by atoms with van der Waals surface area (Å²) in [6, 6.07) is 0. The van der Waals surface area contributed by atoms with Crippen molar-refractivity contribution in [2.75, 3.05) is 26.4 Å². The summed E-state index contributed by atoms with van der Waals surface area (Å²) in [6.45, 7) is -2.55. The molecule has 0 amide bonds. The van der Waals surface area contributed by atoms with Crippen LogP contribution in [0.2, 0.25) is 0 Å². The van der Waals surface area contributed by atoms with Crippen LogP contribution in [0.3, 0.4) is 0 Å². The maximum Gasteiger partial charge on any atom is 0.218 e. The Balaban J connectivity index is 1.19. The van der Waals surface area contributed by atoms with E-state index in [1.807, 2.05) is 0 Å². The highest BCUT2D eigenvalue weighted by atomic mass is 32.3. The summed E-state index contributed by atoms with van der Waals surface area (Å²) in [4.78, 5) is 0. The maximum absolute atomic E-state index is 11.6. The normalized spacial score (nSPS) is 50.4. The van der Waals surface area contributed by atoms with E-state index in [-0.39, 0.29) is 13.2 Å². The highest BCUT2D eigenvalue weighted by Gasteiger charge is 2.59. The van der Waals surface area contributed by atoms with Crippen molar-refractivity contribution in [3.8, 4) is 0 Å². The van der Waals surface area contributed by atoms with Crippen LogP contribution in [0.5, 0.6) is 0 Å². The summed E-state index contributed by atoms with van der Waals surface area (Å²) in [7, 11) is -11.0. The molecule has 0 saturated carbocycles. The molecule has 20 atom stereocenters. The molecule has 6 saturated heterocycles. The lowest BCUT2D eigenvalue weighted by Crippen LogP contribution is -2.66. The number of fused-ring (bicyclic) bond motifs is 4. The highest BCUT2D eigenvalue weighted by molar-refractivity contribution is 7.81. The van der Waals surface area contributed by atoms with Crippen LogP contribution in [0.4, 0.5) is 0 Å². The summed E-state index contributed by atoms with van der Waals surface area (Å²) >= 11 is 0. The highest BCUT2D eigenvalue weighted by Crippen LogP contribution is 2.39. The first-order chi connectivity index (χ1) is 23.9. The number of hydrogen-bond donors (Lipinski definition) is 8. The van der Waals surface area contributed by atoms with Gasteiger partial charge in [-0.3, -0.25) is 8.37 Å². The summed E-state index contributed by atoms with van der Waals surface area (Å²) in [5, 5.41) is 83.5. The van der Waals surface area contributed by atoms with Crippen LogP contribution in [0.1, 0.15) is 0 Å². The molecular weight excluding hydrogens is 752 g/mol. The lowest BCUT2D eigenvalue weighted by atomic mass is 9.96. The van der Waals surface area contributed by atoms with Gasteiger partial charge >= 0.3 is 0 Å². The molecule has 0 spiro atoms. The smallest absolute Gasteiger partial charge is 0.218 e. The lowest BCUT2D eigenvalue weighted by Gasteiger charge is -2.48. The van der Waals surface area contributed by atoms with Crippen molar-refractivity contribution in [1.82, 2.24) is 0 Å². The molecule has 25 nitrogen and oxygen atoms in total. The van der Waals surface area contributed by atoms with E-state index in [1.54, 1.807) is 0 Å². The van der Waals surface area contributed by atoms with Gasteiger partial charge in [0, 0.05) is 0 Å². The topological polar surface area (TPSA) is 378 Å². The molecule has 51 heavy (non-hydrogen) atoms. The van der Waals surface area contributed by atoms with Gasteiger partial charge in [-0.1, -0.05) is 0 Å². The predicted octanol–water partition coefficient (Wildman–Crippen LogP) is -8.69. The quantitative estimate of drug-likeness (QED) is 0.0672. The zero-order valence-corrected chi connectivity index (χ0v) is 27.3. The molecule has 0 radical (unpaired) electrons. The fourth-order valence-electron chi connectivity index (χ4n) is 6.75. The molecule has 0 unspecified atom stereocenters. The van der Waals surface area contributed by atoms with Crippen molar-refractivity contribution >= 4 is 20.8 Å². The third kappa shape index (κ3) is 8.21. The van der Waals surface area contributed by atoms with Gasteiger partial charge in [0.25, 0.3) is 0 Å². The molecule has 0 aromatic carbocycles. The van der Waals surface area contributed by atoms with Crippen LogP contribution in [-0.2, 0) is 71.8 Å². The van der Waals surface area contributed by atoms with Crippen molar-refractivity contribution in [2.24, 2.45) is 0 Å². The number of aliphatic hydroxyl groups excluding tert-OH is 8. The Hall–Kier alpha value is -0.940. The second kappa shape index (κ2) is 15.3. The van der Waals surface area contributed by atoms with E-state index in [1.165, 1.54) is 0 Å². The first-order valence-electron chi connectivity index (χ1n) is 15.3. The summed E-state index contributed by atoms with van der Waals surface area (Å²) in [5.41, 5.74) is 0. The molecule has 4 bridgehead atoms. The van der Waals surface area contributed by atoms with E-state index < -0.39 is 157 Å². The summed E-state index contributed by atoms with van der Waals surface area (Å²) in [5.74, 6) is 0. The SMILES string of the molecule is O=S(=O)([O-])O[C@@H]1[C@H](O[C@H]2O[C@@H]3CO[C@H]([C@H]2O)[C@H]3O[C@@H]2O[C@H](CO)[C@H](OS(=O)(=O)[O-])[C@H](O[C@H]3O[C@@H]4CO[C@@H]([C@H]4O)[C@H]3O)[C@H]2O)[C@@H](O)[C@H](O)O[C@@H]1CO. The Bertz CT molecular complexity index is 1420. The minimum Gasteiger partial charge on any atom is -0.726 e. The van der Waals surface area contributed by atoms with Crippen molar-refractivity contribution in [2.45, 2.75) is 123 Å². The van der Waals surface area contributed by atoms with Crippen LogP contribution in [0, 0.1) is 0 Å².